The van der Waals surface area contributed by atoms with Gasteiger partial charge in [-0.2, -0.15) is 0 Å². The molecule has 1 radical (unpaired) electrons. The summed E-state index contributed by atoms with van der Waals surface area (Å²) in [7, 11) is 1.73. The molecule has 2 nitrogen and oxygen atoms in total. The van der Waals surface area contributed by atoms with Crippen LogP contribution in [0, 0.1) is 0 Å². The Kier molecular flexibility index (Phi) is 3.62. The second kappa shape index (κ2) is 5.17. The molecule has 1 aromatic carbocycles. The maximum atomic E-state index is 5.35. The van der Waals surface area contributed by atoms with E-state index in [-0.39, 0.29) is 0 Å². The zero-order valence-electron chi connectivity index (χ0n) is 9.28. The molecule has 0 bridgehead atoms. The molecule has 1 saturated heterocycles. The summed E-state index contributed by atoms with van der Waals surface area (Å²) >= 11 is 0. The van der Waals surface area contributed by atoms with Gasteiger partial charge in [0.15, 0.2) is 0 Å². The standard InChI is InChI=1S/C13H18NO/c1-15-13-8-3-2-6-11(13)10-12-7-4-5-9-14-12/h2-3,6,8,12H,4-5,7,9-10H2,1H3. The lowest BCUT2D eigenvalue weighted by atomic mass is 9.97. The van der Waals surface area contributed by atoms with Gasteiger partial charge < -0.3 is 4.74 Å². The fourth-order valence-corrected chi connectivity index (χ4v) is 2.15. The number of piperidine rings is 1. The summed E-state index contributed by atoms with van der Waals surface area (Å²) in [5.74, 6) is 0.998. The highest BCUT2D eigenvalue weighted by Gasteiger charge is 2.15. The normalized spacial score (nSPS) is 21.3. The van der Waals surface area contributed by atoms with Crippen LogP contribution in [0.1, 0.15) is 24.8 Å². The van der Waals surface area contributed by atoms with Gasteiger partial charge in [-0.25, -0.2) is 5.32 Å². The Bertz CT molecular complexity index is 305. The van der Waals surface area contributed by atoms with Gasteiger partial charge in [0.25, 0.3) is 0 Å². The first-order valence-electron chi connectivity index (χ1n) is 5.68. The minimum atomic E-state index is 0.509. The number of hydrogen-bond donors (Lipinski definition) is 0. The molecule has 0 amide bonds. The molecule has 2 rings (SSSR count). The van der Waals surface area contributed by atoms with Crippen LogP contribution < -0.4 is 10.1 Å². The molecular weight excluding hydrogens is 186 g/mol. The molecule has 1 aliphatic rings. The molecule has 1 atom stereocenters. The third-order valence-electron chi connectivity index (χ3n) is 2.98. The van der Waals surface area contributed by atoms with Crippen LogP contribution in [0.25, 0.3) is 0 Å². The molecule has 1 aromatic rings. The van der Waals surface area contributed by atoms with E-state index in [9.17, 15) is 0 Å². The van der Waals surface area contributed by atoms with Crippen molar-refractivity contribution < 1.29 is 4.74 Å². The van der Waals surface area contributed by atoms with E-state index >= 15 is 0 Å². The summed E-state index contributed by atoms with van der Waals surface area (Å²) in [6.45, 7) is 1.04. The van der Waals surface area contributed by atoms with Gasteiger partial charge >= 0.3 is 0 Å². The van der Waals surface area contributed by atoms with Crippen molar-refractivity contribution in [3.8, 4) is 5.75 Å². The van der Waals surface area contributed by atoms with Crippen molar-refractivity contribution in [2.24, 2.45) is 0 Å². The zero-order valence-corrected chi connectivity index (χ0v) is 9.28. The van der Waals surface area contributed by atoms with E-state index < -0.39 is 0 Å². The monoisotopic (exact) mass is 204 g/mol. The van der Waals surface area contributed by atoms with E-state index in [1.54, 1.807) is 7.11 Å². The molecule has 1 aliphatic heterocycles. The number of hydrogen-bond acceptors (Lipinski definition) is 1. The van der Waals surface area contributed by atoms with Gasteiger partial charge in [-0.1, -0.05) is 24.6 Å². The molecule has 0 saturated carbocycles. The van der Waals surface area contributed by atoms with E-state index in [1.165, 1.54) is 24.8 Å². The van der Waals surface area contributed by atoms with E-state index in [0.29, 0.717) is 6.04 Å². The van der Waals surface area contributed by atoms with Crippen LogP contribution in [0.5, 0.6) is 5.75 Å². The molecule has 1 unspecified atom stereocenters. The van der Waals surface area contributed by atoms with Crippen molar-refractivity contribution in [1.82, 2.24) is 5.32 Å². The molecular formula is C13H18NO. The first-order chi connectivity index (χ1) is 7.40. The van der Waals surface area contributed by atoms with Crippen LogP contribution in [-0.2, 0) is 6.42 Å². The van der Waals surface area contributed by atoms with Gasteiger partial charge in [0.2, 0.25) is 0 Å². The highest BCUT2D eigenvalue weighted by Crippen LogP contribution is 2.21. The van der Waals surface area contributed by atoms with Crippen LogP contribution >= 0.6 is 0 Å². The highest BCUT2D eigenvalue weighted by molar-refractivity contribution is 5.33. The molecule has 0 N–H and O–H groups in total. The predicted octanol–water partition coefficient (Wildman–Crippen LogP) is 2.39. The lowest BCUT2D eigenvalue weighted by molar-refractivity contribution is 0.376. The Balaban J connectivity index is 2.02. The maximum absolute atomic E-state index is 5.35. The Morgan fingerprint density at radius 2 is 2.20 bits per heavy atom. The second-order valence-corrected chi connectivity index (χ2v) is 4.07. The average molecular weight is 204 g/mol. The quantitative estimate of drug-likeness (QED) is 0.741. The predicted molar refractivity (Wildman–Crippen MR) is 61.3 cm³/mol. The molecule has 0 spiro atoms. The fourth-order valence-electron chi connectivity index (χ4n) is 2.15. The summed E-state index contributed by atoms with van der Waals surface area (Å²) in [5, 5.41) is 4.64. The fraction of sp³-hybridized carbons (Fsp3) is 0.538. The van der Waals surface area contributed by atoms with Gasteiger partial charge in [-0.05, 0) is 30.9 Å². The number of para-hydroxylation sites is 1. The van der Waals surface area contributed by atoms with E-state index in [2.05, 4.69) is 17.4 Å². The minimum absolute atomic E-state index is 0.509. The van der Waals surface area contributed by atoms with Crippen molar-refractivity contribution in [2.75, 3.05) is 13.7 Å². The van der Waals surface area contributed by atoms with Gasteiger partial charge in [-0.15, -0.1) is 0 Å². The molecule has 2 heteroatoms. The van der Waals surface area contributed by atoms with Crippen LogP contribution in [-0.4, -0.2) is 19.7 Å². The maximum Gasteiger partial charge on any atom is 0.122 e. The Morgan fingerprint density at radius 3 is 2.93 bits per heavy atom. The summed E-state index contributed by atoms with van der Waals surface area (Å²) in [4.78, 5) is 0. The number of nitrogens with zero attached hydrogens (tertiary/aromatic N) is 1. The van der Waals surface area contributed by atoms with Crippen molar-refractivity contribution in [1.29, 1.82) is 0 Å². The van der Waals surface area contributed by atoms with Crippen molar-refractivity contribution >= 4 is 0 Å². The van der Waals surface area contributed by atoms with E-state index in [1.807, 2.05) is 12.1 Å². The topological polar surface area (TPSA) is 23.3 Å². The van der Waals surface area contributed by atoms with Gasteiger partial charge in [0.1, 0.15) is 5.75 Å². The molecule has 0 aromatic heterocycles. The van der Waals surface area contributed by atoms with Crippen molar-refractivity contribution in [3.63, 3.8) is 0 Å². The van der Waals surface area contributed by atoms with Gasteiger partial charge in [0.05, 0.1) is 7.11 Å². The summed E-state index contributed by atoms with van der Waals surface area (Å²) < 4.78 is 5.35. The Hall–Kier alpha value is -1.02. The SMILES string of the molecule is COc1ccccc1CC1CCCC[N]1. The van der Waals surface area contributed by atoms with Crippen LogP contribution in [0.4, 0.5) is 0 Å². The Labute approximate surface area is 91.6 Å². The zero-order chi connectivity index (χ0) is 10.5. The minimum Gasteiger partial charge on any atom is -0.496 e. The average Bonchev–Trinajstić information content (AvgIpc) is 2.31. The number of rotatable bonds is 3. The molecule has 1 fully saturated rings. The number of benzene rings is 1. The largest absolute Gasteiger partial charge is 0.496 e. The van der Waals surface area contributed by atoms with Crippen LogP contribution in [0.15, 0.2) is 24.3 Å². The summed E-state index contributed by atoms with van der Waals surface area (Å²) in [5.41, 5.74) is 1.29. The second-order valence-electron chi connectivity index (χ2n) is 4.07. The first-order valence-corrected chi connectivity index (χ1v) is 5.68. The lowest BCUT2D eigenvalue weighted by Crippen LogP contribution is -2.29. The van der Waals surface area contributed by atoms with Crippen molar-refractivity contribution in [3.05, 3.63) is 29.8 Å². The lowest BCUT2D eigenvalue weighted by Gasteiger charge is -2.22. The smallest absolute Gasteiger partial charge is 0.122 e. The molecule has 1 heterocycles. The van der Waals surface area contributed by atoms with Gasteiger partial charge in [0, 0.05) is 12.6 Å². The van der Waals surface area contributed by atoms with Crippen molar-refractivity contribution in [2.45, 2.75) is 31.7 Å². The Morgan fingerprint density at radius 1 is 1.33 bits per heavy atom. The highest BCUT2D eigenvalue weighted by atomic mass is 16.5. The first kappa shape index (κ1) is 10.5. The van der Waals surface area contributed by atoms with E-state index in [0.717, 1.165) is 18.7 Å². The number of methoxy groups -OCH3 is 1. The summed E-state index contributed by atoms with van der Waals surface area (Å²) in [6.07, 6.45) is 4.85. The number of ether oxygens (including phenoxy) is 1. The van der Waals surface area contributed by atoms with Gasteiger partial charge in [-0.3, -0.25) is 0 Å². The molecule has 0 aliphatic carbocycles. The molecule has 81 valence electrons. The molecule has 15 heavy (non-hydrogen) atoms. The third kappa shape index (κ3) is 2.72. The summed E-state index contributed by atoms with van der Waals surface area (Å²) in [6, 6.07) is 8.76. The van der Waals surface area contributed by atoms with E-state index in [4.69, 9.17) is 4.74 Å². The third-order valence-corrected chi connectivity index (χ3v) is 2.98. The van der Waals surface area contributed by atoms with Crippen LogP contribution in [0.2, 0.25) is 0 Å². The van der Waals surface area contributed by atoms with Crippen LogP contribution in [0.3, 0.4) is 0 Å².